The number of rotatable bonds is 6. The van der Waals surface area contributed by atoms with Crippen LogP contribution in [0.5, 0.6) is 5.75 Å². The van der Waals surface area contributed by atoms with E-state index < -0.39 is 0 Å². The first-order chi connectivity index (χ1) is 11.9. The second-order valence-corrected chi connectivity index (χ2v) is 6.93. The predicted molar refractivity (Wildman–Crippen MR) is 101 cm³/mol. The normalized spacial score (nSPS) is 12.2. The van der Waals surface area contributed by atoms with E-state index in [9.17, 15) is 4.79 Å². The Morgan fingerprint density at radius 1 is 1.24 bits per heavy atom. The average molecular weight is 342 g/mol. The van der Waals surface area contributed by atoms with Crippen LogP contribution in [0.25, 0.3) is 21.9 Å². The molecule has 0 aliphatic heterocycles. The molecule has 0 radical (unpaired) electrons. The van der Waals surface area contributed by atoms with Crippen molar-refractivity contribution in [3.05, 3.63) is 34.9 Å². The molecule has 0 atom stereocenters. The Labute approximate surface area is 147 Å². The largest absolute Gasteiger partial charge is 0.497 e. The van der Waals surface area contributed by atoms with Gasteiger partial charge < -0.3 is 9.72 Å². The number of aromatic nitrogens is 3. The number of hydrogen-bond acceptors (Lipinski definition) is 4. The number of benzene rings is 1. The molecule has 134 valence electrons. The maximum absolute atomic E-state index is 12.8. The van der Waals surface area contributed by atoms with Gasteiger partial charge in [-0.1, -0.05) is 0 Å². The first-order valence-corrected chi connectivity index (χ1v) is 8.73. The number of nitrogens with one attached hydrogen (secondary N) is 1. The summed E-state index contributed by atoms with van der Waals surface area (Å²) in [5, 5.41) is 0.936. The molecule has 1 N–H and O–H groups in total. The molecule has 25 heavy (non-hydrogen) atoms. The van der Waals surface area contributed by atoms with Gasteiger partial charge in [-0.2, -0.15) is 0 Å². The highest BCUT2D eigenvalue weighted by Gasteiger charge is 2.15. The molecule has 0 amide bonds. The number of methoxy groups -OCH3 is 1. The molecular formula is C19H26N4O2. The van der Waals surface area contributed by atoms with Gasteiger partial charge in [0, 0.05) is 36.6 Å². The number of aromatic amines is 1. The van der Waals surface area contributed by atoms with Crippen molar-refractivity contribution in [1.29, 1.82) is 0 Å². The van der Waals surface area contributed by atoms with Crippen molar-refractivity contribution in [3.8, 4) is 5.75 Å². The Morgan fingerprint density at radius 2 is 1.96 bits per heavy atom. The molecule has 3 rings (SSSR count). The lowest BCUT2D eigenvalue weighted by atomic mass is 10.2. The minimum absolute atomic E-state index is 0.0346. The van der Waals surface area contributed by atoms with Crippen LogP contribution in [-0.4, -0.2) is 45.2 Å². The molecule has 0 saturated heterocycles. The molecule has 6 nitrogen and oxygen atoms in total. The van der Waals surface area contributed by atoms with E-state index in [0.717, 1.165) is 23.2 Å². The van der Waals surface area contributed by atoms with Crippen LogP contribution >= 0.6 is 0 Å². The van der Waals surface area contributed by atoms with Crippen LogP contribution < -0.4 is 10.3 Å². The molecule has 0 bridgehead atoms. The molecule has 3 aromatic rings. The van der Waals surface area contributed by atoms with E-state index in [0.29, 0.717) is 29.7 Å². The van der Waals surface area contributed by atoms with E-state index in [1.54, 1.807) is 18.0 Å². The van der Waals surface area contributed by atoms with Gasteiger partial charge in [0.05, 0.1) is 19.0 Å². The van der Waals surface area contributed by atoms with E-state index in [1.165, 1.54) is 0 Å². The summed E-state index contributed by atoms with van der Waals surface area (Å²) < 4.78 is 6.94. The van der Waals surface area contributed by atoms with Crippen LogP contribution in [0.1, 0.15) is 27.7 Å². The summed E-state index contributed by atoms with van der Waals surface area (Å²) in [6.07, 6.45) is 1.65. The Morgan fingerprint density at radius 3 is 2.60 bits per heavy atom. The number of hydrogen-bond donors (Lipinski definition) is 1. The third-order valence-electron chi connectivity index (χ3n) is 4.70. The number of nitrogens with zero attached hydrogens (tertiary/aromatic N) is 3. The van der Waals surface area contributed by atoms with Gasteiger partial charge >= 0.3 is 0 Å². The topological polar surface area (TPSA) is 63.2 Å². The Balaban J connectivity index is 1.97. The summed E-state index contributed by atoms with van der Waals surface area (Å²) in [5.41, 5.74) is 2.09. The smallest absolute Gasteiger partial charge is 0.277 e. The lowest BCUT2D eigenvalue weighted by Gasteiger charge is -2.30. The van der Waals surface area contributed by atoms with Gasteiger partial charge in [0.1, 0.15) is 16.8 Å². The van der Waals surface area contributed by atoms with E-state index in [4.69, 9.17) is 4.74 Å². The van der Waals surface area contributed by atoms with E-state index in [2.05, 4.69) is 42.6 Å². The van der Waals surface area contributed by atoms with Gasteiger partial charge in [0.15, 0.2) is 0 Å². The third-order valence-corrected chi connectivity index (χ3v) is 4.70. The zero-order valence-corrected chi connectivity index (χ0v) is 15.5. The van der Waals surface area contributed by atoms with Crippen LogP contribution in [0.4, 0.5) is 0 Å². The molecule has 0 aliphatic rings. The van der Waals surface area contributed by atoms with Gasteiger partial charge in [0.25, 0.3) is 5.56 Å². The fourth-order valence-corrected chi connectivity index (χ4v) is 3.40. The third kappa shape index (κ3) is 3.26. The molecule has 1 aromatic carbocycles. The van der Waals surface area contributed by atoms with Crippen LogP contribution in [0.15, 0.2) is 29.3 Å². The van der Waals surface area contributed by atoms with Crippen LogP contribution in [0.3, 0.4) is 0 Å². The van der Waals surface area contributed by atoms with Gasteiger partial charge in [-0.15, -0.1) is 0 Å². The maximum atomic E-state index is 12.8. The Bertz CT molecular complexity index is 932. The van der Waals surface area contributed by atoms with Gasteiger partial charge in [-0.05, 0) is 39.8 Å². The molecule has 0 fully saturated rings. The number of H-pyrrole nitrogens is 1. The zero-order valence-electron chi connectivity index (χ0n) is 15.5. The van der Waals surface area contributed by atoms with Crippen molar-refractivity contribution in [1.82, 2.24) is 19.4 Å². The molecular weight excluding hydrogens is 316 g/mol. The summed E-state index contributed by atoms with van der Waals surface area (Å²) in [5.74, 6) is 0.754. The summed E-state index contributed by atoms with van der Waals surface area (Å²) in [4.78, 5) is 22.9. The summed E-state index contributed by atoms with van der Waals surface area (Å²) in [6, 6.07) is 6.58. The predicted octanol–water partition coefficient (Wildman–Crippen LogP) is 3.01. The summed E-state index contributed by atoms with van der Waals surface area (Å²) in [6.45, 7) is 10.1. The summed E-state index contributed by atoms with van der Waals surface area (Å²) >= 11 is 0. The highest BCUT2D eigenvalue weighted by molar-refractivity contribution is 6.04. The Hall–Kier alpha value is -2.34. The van der Waals surface area contributed by atoms with Crippen molar-refractivity contribution >= 4 is 21.9 Å². The van der Waals surface area contributed by atoms with Crippen molar-refractivity contribution in [2.75, 3.05) is 13.7 Å². The molecule has 0 unspecified atom stereocenters. The molecule has 6 heteroatoms. The number of fused-ring (bicyclic) bond motifs is 3. The minimum atomic E-state index is -0.0346. The quantitative estimate of drug-likeness (QED) is 0.748. The zero-order chi connectivity index (χ0) is 18.1. The number of ether oxygens (including phenoxy) is 1. The maximum Gasteiger partial charge on any atom is 0.277 e. The van der Waals surface area contributed by atoms with Crippen molar-refractivity contribution in [2.24, 2.45) is 0 Å². The highest BCUT2D eigenvalue weighted by atomic mass is 16.5. The fraction of sp³-hybridized carbons (Fsp3) is 0.474. The summed E-state index contributed by atoms with van der Waals surface area (Å²) in [7, 11) is 1.63. The van der Waals surface area contributed by atoms with E-state index >= 15 is 0 Å². The van der Waals surface area contributed by atoms with E-state index in [1.807, 2.05) is 18.2 Å². The fourth-order valence-electron chi connectivity index (χ4n) is 3.40. The molecule has 2 heterocycles. The standard InChI is InChI=1S/C19H26N4O2/c1-12(2)23(13(3)4)9-8-22-11-20-17-15-7-6-14(25-5)10-16(15)21-18(17)19(22)24/h6-7,10-13,21H,8-9H2,1-5H3. The van der Waals surface area contributed by atoms with Crippen molar-refractivity contribution in [2.45, 2.75) is 46.3 Å². The lowest BCUT2D eigenvalue weighted by molar-refractivity contribution is 0.167. The SMILES string of the molecule is COc1ccc2c(c1)[nH]c1c(=O)n(CCN(C(C)C)C(C)C)cnc12. The highest BCUT2D eigenvalue weighted by Crippen LogP contribution is 2.25. The second kappa shape index (κ2) is 6.88. The monoisotopic (exact) mass is 342 g/mol. The Kier molecular flexibility index (Phi) is 4.81. The molecule has 0 aliphatic carbocycles. The van der Waals surface area contributed by atoms with Crippen molar-refractivity contribution in [3.63, 3.8) is 0 Å². The average Bonchev–Trinajstić information content (AvgIpc) is 2.94. The van der Waals surface area contributed by atoms with Crippen LogP contribution in [0, 0.1) is 0 Å². The molecule has 0 saturated carbocycles. The van der Waals surface area contributed by atoms with Gasteiger partial charge in [-0.25, -0.2) is 4.98 Å². The second-order valence-electron chi connectivity index (χ2n) is 6.93. The minimum Gasteiger partial charge on any atom is -0.497 e. The lowest BCUT2D eigenvalue weighted by Crippen LogP contribution is -2.40. The van der Waals surface area contributed by atoms with Gasteiger partial charge in [-0.3, -0.25) is 14.3 Å². The first-order valence-electron chi connectivity index (χ1n) is 8.73. The van der Waals surface area contributed by atoms with E-state index in [-0.39, 0.29) is 5.56 Å². The molecule has 2 aromatic heterocycles. The van der Waals surface area contributed by atoms with Crippen LogP contribution in [0.2, 0.25) is 0 Å². The molecule has 0 spiro atoms. The first kappa shape index (κ1) is 17.5. The van der Waals surface area contributed by atoms with Gasteiger partial charge in [0.2, 0.25) is 0 Å². The van der Waals surface area contributed by atoms with Crippen molar-refractivity contribution < 1.29 is 4.74 Å². The van der Waals surface area contributed by atoms with Crippen LogP contribution in [-0.2, 0) is 6.54 Å².